The predicted molar refractivity (Wildman–Crippen MR) is 122 cm³/mol. The quantitative estimate of drug-likeness (QED) is 0.697. The molecule has 2 fully saturated rings. The number of pyridine rings is 1. The zero-order chi connectivity index (χ0) is 22.5. The van der Waals surface area contributed by atoms with Gasteiger partial charge in [-0.15, -0.1) is 0 Å². The first-order valence-electron chi connectivity index (χ1n) is 11.5. The Labute approximate surface area is 188 Å². The molecule has 0 bridgehead atoms. The average molecular weight is 439 g/mol. The van der Waals surface area contributed by atoms with E-state index < -0.39 is 0 Å². The number of aromatic nitrogens is 1. The van der Waals surface area contributed by atoms with Crippen LogP contribution in [-0.2, 0) is 9.59 Å². The number of piperidine rings is 1. The second kappa shape index (κ2) is 10.1. The zero-order valence-corrected chi connectivity index (χ0v) is 18.6. The van der Waals surface area contributed by atoms with Gasteiger partial charge in [0.05, 0.1) is 0 Å². The summed E-state index contributed by atoms with van der Waals surface area (Å²) in [6.07, 6.45) is 4.73. The van der Waals surface area contributed by atoms with Crippen LogP contribution in [0.2, 0.25) is 0 Å². The molecule has 2 amide bonds. The van der Waals surface area contributed by atoms with Crippen LogP contribution < -0.4 is 5.32 Å². The smallest absolute Gasteiger partial charge is 0.222 e. The Morgan fingerprint density at radius 2 is 1.97 bits per heavy atom. The van der Waals surface area contributed by atoms with Crippen LogP contribution in [0.25, 0.3) is 0 Å². The van der Waals surface area contributed by atoms with Gasteiger partial charge in [-0.2, -0.15) is 0 Å². The molecule has 170 valence electrons. The molecule has 1 aromatic carbocycles. The van der Waals surface area contributed by atoms with Crippen molar-refractivity contribution in [2.45, 2.75) is 51.4 Å². The molecule has 2 aromatic rings. The summed E-state index contributed by atoms with van der Waals surface area (Å²) in [4.78, 5) is 33.1. The van der Waals surface area contributed by atoms with Gasteiger partial charge in [0.25, 0.3) is 0 Å². The topological polar surface area (TPSA) is 65.5 Å². The fourth-order valence-electron chi connectivity index (χ4n) is 4.64. The van der Waals surface area contributed by atoms with Gasteiger partial charge in [0.1, 0.15) is 5.82 Å². The Hall–Kier alpha value is -2.96. The molecule has 0 saturated carbocycles. The number of anilines is 2. The van der Waals surface area contributed by atoms with E-state index in [9.17, 15) is 14.0 Å². The molecule has 1 atom stereocenters. The number of halogens is 1. The van der Waals surface area contributed by atoms with Gasteiger partial charge in [0, 0.05) is 67.7 Å². The molecule has 2 aliphatic rings. The molecular formula is C25H31FN4O2. The normalized spacial score (nSPS) is 18.8. The zero-order valence-electron chi connectivity index (χ0n) is 18.6. The van der Waals surface area contributed by atoms with Crippen LogP contribution in [0.1, 0.15) is 55.8 Å². The molecule has 0 spiro atoms. The lowest BCUT2D eigenvalue weighted by atomic mass is 9.93. The first kappa shape index (κ1) is 22.2. The Morgan fingerprint density at radius 1 is 1.16 bits per heavy atom. The lowest BCUT2D eigenvalue weighted by molar-refractivity contribution is -0.133. The van der Waals surface area contributed by atoms with Crippen LogP contribution in [0, 0.1) is 12.7 Å². The molecule has 4 rings (SSSR count). The van der Waals surface area contributed by atoms with Crippen molar-refractivity contribution in [3.63, 3.8) is 0 Å². The maximum absolute atomic E-state index is 13.2. The minimum absolute atomic E-state index is 0.165. The molecule has 3 heterocycles. The molecule has 1 aromatic heterocycles. The number of nitrogens with one attached hydrogen (secondary N) is 1. The van der Waals surface area contributed by atoms with E-state index in [0.29, 0.717) is 25.9 Å². The standard InChI is InChI=1S/C25H31FN4O2/c1-18-15-22(28-21-10-8-20(26)9-11-21)16-23(27-18)19-5-2-14-30(17-19)25(32)7-4-13-29-12-3-6-24(29)31/h8-11,15-16,19H,2-7,12-14,17H2,1H3,(H,27,28). The molecule has 2 saturated heterocycles. The van der Waals surface area contributed by atoms with E-state index in [1.54, 1.807) is 12.1 Å². The van der Waals surface area contributed by atoms with Crippen LogP contribution >= 0.6 is 0 Å². The number of carbonyl (C=O) groups excluding carboxylic acids is 2. The minimum atomic E-state index is -0.263. The van der Waals surface area contributed by atoms with Crippen LogP contribution in [0.15, 0.2) is 36.4 Å². The first-order valence-corrected chi connectivity index (χ1v) is 11.5. The van der Waals surface area contributed by atoms with E-state index >= 15 is 0 Å². The second-order valence-corrected chi connectivity index (χ2v) is 8.82. The second-order valence-electron chi connectivity index (χ2n) is 8.82. The molecule has 32 heavy (non-hydrogen) atoms. The monoisotopic (exact) mass is 438 g/mol. The van der Waals surface area contributed by atoms with Gasteiger partial charge in [0.15, 0.2) is 0 Å². The Balaban J connectivity index is 1.35. The van der Waals surface area contributed by atoms with Gasteiger partial charge in [-0.25, -0.2) is 4.39 Å². The molecule has 1 unspecified atom stereocenters. The molecule has 1 N–H and O–H groups in total. The van der Waals surface area contributed by atoms with Gasteiger partial charge in [-0.1, -0.05) is 0 Å². The van der Waals surface area contributed by atoms with E-state index in [0.717, 1.165) is 61.5 Å². The van der Waals surface area contributed by atoms with Crippen molar-refractivity contribution < 1.29 is 14.0 Å². The van der Waals surface area contributed by atoms with Crippen molar-refractivity contribution in [2.24, 2.45) is 0 Å². The third-order valence-electron chi connectivity index (χ3n) is 6.29. The number of nitrogens with zero attached hydrogens (tertiary/aromatic N) is 3. The summed E-state index contributed by atoms with van der Waals surface area (Å²) in [6.45, 7) is 4.93. The highest BCUT2D eigenvalue weighted by Crippen LogP contribution is 2.29. The highest BCUT2D eigenvalue weighted by molar-refractivity contribution is 5.78. The molecule has 2 aliphatic heterocycles. The van der Waals surface area contributed by atoms with Crippen LogP contribution in [0.4, 0.5) is 15.8 Å². The number of hydrogen-bond donors (Lipinski definition) is 1. The molecule has 7 heteroatoms. The highest BCUT2D eigenvalue weighted by atomic mass is 19.1. The summed E-state index contributed by atoms with van der Waals surface area (Å²) in [5, 5.41) is 3.32. The summed E-state index contributed by atoms with van der Waals surface area (Å²) in [7, 11) is 0. The van der Waals surface area contributed by atoms with Gasteiger partial charge >= 0.3 is 0 Å². The fraction of sp³-hybridized carbons (Fsp3) is 0.480. The van der Waals surface area contributed by atoms with E-state index in [1.807, 2.05) is 28.9 Å². The number of benzene rings is 1. The average Bonchev–Trinajstić information content (AvgIpc) is 3.19. The summed E-state index contributed by atoms with van der Waals surface area (Å²) < 4.78 is 13.2. The maximum atomic E-state index is 13.2. The Kier molecular flexibility index (Phi) is 7.02. The van der Waals surface area contributed by atoms with Gasteiger partial charge in [-0.3, -0.25) is 14.6 Å². The summed E-state index contributed by atoms with van der Waals surface area (Å²) in [5.41, 5.74) is 3.62. The van der Waals surface area contributed by atoms with Gasteiger partial charge < -0.3 is 15.1 Å². The van der Waals surface area contributed by atoms with Crippen molar-refractivity contribution in [3.05, 3.63) is 53.6 Å². The van der Waals surface area contributed by atoms with Crippen molar-refractivity contribution in [2.75, 3.05) is 31.5 Å². The van der Waals surface area contributed by atoms with Crippen molar-refractivity contribution in [1.29, 1.82) is 0 Å². The first-order chi connectivity index (χ1) is 15.5. The van der Waals surface area contributed by atoms with Crippen LogP contribution in [0.5, 0.6) is 0 Å². The molecular weight excluding hydrogens is 407 g/mol. The minimum Gasteiger partial charge on any atom is -0.355 e. The number of aryl methyl sites for hydroxylation is 1. The van der Waals surface area contributed by atoms with E-state index in [-0.39, 0.29) is 23.5 Å². The lowest BCUT2D eigenvalue weighted by Gasteiger charge is -2.33. The van der Waals surface area contributed by atoms with E-state index in [2.05, 4.69) is 5.32 Å². The summed E-state index contributed by atoms with van der Waals surface area (Å²) in [6, 6.07) is 10.3. The van der Waals surface area contributed by atoms with Crippen LogP contribution in [-0.4, -0.2) is 52.8 Å². The third-order valence-corrected chi connectivity index (χ3v) is 6.29. The molecule has 0 aliphatic carbocycles. The number of rotatable bonds is 7. The largest absolute Gasteiger partial charge is 0.355 e. The predicted octanol–water partition coefficient (Wildman–Crippen LogP) is 4.38. The number of amides is 2. The highest BCUT2D eigenvalue weighted by Gasteiger charge is 2.26. The van der Waals surface area contributed by atoms with Crippen molar-refractivity contribution in [1.82, 2.24) is 14.8 Å². The van der Waals surface area contributed by atoms with E-state index in [1.165, 1.54) is 12.1 Å². The summed E-state index contributed by atoms with van der Waals surface area (Å²) >= 11 is 0. The Morgan fingerprint density at radius 3 is 2.72 bits per heavy atom. The number of hydrogen-bond acceptors (Lipinski definition) is 4. The molecule has 6 nitrogen and oxygen atoms in total. The fourth-order valence-corrected chi connectivity index (χ4v) is 4.64. The van der Waals surface area contributed by atoms with Crippen LogP contribution in [0.3, 0.4) is 0 Å². The van der Waals surface area contributed by atoms with Gasteiger partial charge in [0.2, 0.25) is 11.8 Å². The molecule has 0 radical (unpaired) electrons. The Bertz CT molecular complexity index is 963. The third kappa shape index (κ3) is 5.64. The van der Waals surface area contributed by atoms with E-state index in [4.69, 9.17) is 4.98 Å². The number of likely N-dealkylation sites (tertiary alicyclic amines) is 2. The van der Waals surface area contributed by atoms with Crippen molar-refractivity contribution >= 4 is 23.2 Å². The SMILES string of the molecule is Cc1cc(Nc2ccc(F)cc2)cc(C2CCCN(C(=O)CCCN3CCCC3=O)C2)n1. The maximum Gasteiger partial charge on any atom is 0.222 e. The van der Waals surface area contributed by atoms with Crippen molar-refractivity contribution in [3.8, 4) is 0 Å². The van der Waals surface area contributed by atoms with Gasteiger partial charge in [-0.05, 0) is 69.0 Å². The summed E-state index contributed by atoms with van der Waals surface area (Å²) in [5.74, 6) is 0.312. The lowest BCUT2D eigenvalue weighted by Crippen LogP contribution is -2.39. The number of carbonyl (C=O) groups is 2.